The van der Waals surface area contributed by atoms with Crippen LogP contribution in [-0.4, -0.2) is 18.3 Å². The highest BCUT2D eigenvalue weighted by Gasteiger charge is 2.56. The minimum absolute atomic E-state index is 0.101. The number of hydrogen-bond donors (Lipinski definition) is 2. The Labute approximate surface area is 104 Å². The Morgan fingerprint density at radius 2 is 2.00 bits per heavy atom. The molecule has 0 saturated heterocycles. The minimum Gasteiger partial charge on any atom is -0.504 e. The molecule has 1 fully saturated rings. The molecule has 1 saturated carbocycles. The minimum atomic E-state index is 0.101. The van der Waals surface area contributed by atoms with Gasteiger partial charge in [-0.15, -0.1) is 0 Å². The van der Waals surface area contributed by atoms with Crippen LogP contribution in [0.1, 0.15) is 25.3 Å². The maximum absolute atomic E-state index is 9.76. The molecular formula is C12H16BrNO2. The molecule has 0 spiro atoms. The van der Waals surface area contributed by atoms with Gasteiger partial charge in [0.25, 0.3) is 0 Å². The van der Waals surface area contributed by atoms with Gasteiger partial charge in [0.15, 0.2) is 11.5 Å². The third-order valence-electron chi connectivity index (χ3n) is 3.54. The molecule has 0 aliphatic heterocycles. The first-order chi connectivity index (χ1) is 7.39. The summed E-state index contributed by atoms with van der Waals surface area (Å²) in [4.78, 5) is 0. The van der Waals surface area contributed by atoms with Crippen molar-refractivity contribution in [2.45, 2.75) is 25.8 Å². The molecule has 1 aromatic carbocycles. The van der Waals surface area contributed by atoms with Crippen LogP contribution >= 0.6 is 15.9 Å². The second-order valence-corrected chi connectivity index (χ2v) is 5.72. The van der Waals surface area contributed by atoms with Crippen molar-refractivity contribution in [3.8, 4) is 11.5 Å². The molecule has 0 radical (unpaired) electrons. The van der Waals surface area contributed by atoms with Crippen LogP contribution < -0.4 is 10.5 Å². The summed E-state index contributed by atoms with van der Waals surface area (Å²) in [6.45, 7) is 4.27. The van der Waals surface area contributed by atoms with E-state index in [1.807, 2.05) is 0 Å². The van der Waals surface area contributed by atoms with E-state index in [9.17, 15) is 5.11 Å². The fourth-order valence-electron chi connectivity index (χ4n) is 2.23. The van der Waals surface area contributed by atoms with Gasteiger partial charge in [-0.05, 0) is 23.1 Å². The van der Waals surface area contributed by atoms with Gasteiger partial charge in [-0.3, -0.25) is 0 Å². The molecule has 0 aromatic heterocycles. The Morgan fingerprint density at radius 3 is 2.44 bits per heavy atom. The van der Waals surface area contributed by atoms with Crippen molar-refractivity contribution in [1.29, 1.82) is 0 Å². The van der Waals surface area contributed by atoms with Gasteiger partial charge in [0, 0.05) is 16.4 Å². The summed E-state index contributed by atoms with van der Waals surface area (Å²) in [6, 6.07) is 3.67. The highest BCUT2D eigenvalue weighted by molar-refractivity contribution is 9.10. The second-order valence-electron chi connectivity index (χ2n) is 4.87. The van der Waals surface area contributed by atoms with Gasteiger partial charge in [0.2, 0.25) is 0 Å². The largest absolute Gasteiger partial charge is 0.504 e. The van der Waals surface area contributed by atoms with Crippen molar-refractivity contribution in [1.82, 2.24) is 0 Å². The summed E-state index contributed by atoms with van der Waals surface area (Å²) in [7, 11) is 1.54. The van der Waals surface area contributed by atoms with Gasteiger partial charge in [-0.2, -0.15) is 0 Å². The lowest BCUT2D eigenvalue weighted by molar-refractivity contribution is 0.372. The number of phenolic OH excluding ortho intramolecular Hbond substituents is 1. The third-order valence-corrected chi connectivity index (χ3v) is 4.23. The van der Waals surface area contributed by atoms with Crippen LogP contribution in [0.3, 0.4) is 0 Å². The molecule has 0 unspecified atom stereocenters. The summed E-state index contributed by atoms with van der Waals surface area (Å²) in [5.41, 5.74) is 7.18. The summed E-state index contributed by atoms with van der Waals surface area (Å²) in [5.74, 6) is 0.928. The van der Waals surface area contributed by atoms with Crippen LogP contribution in [0.5, 0.6) is 11.5 Å². The number of methoxy groups -OCH3 is 1. The highest BCUT2D eigenvalue weighted by Crippen LogP contribution is 2.59. The summed E-state index contributed by atoms with van der Waals surface area (Å²) in [5, 5.41) is 9.76. The molecule has 2 rings (SSSR count). The van der Waals surface area contributed by atoms with Crippen LogP contribution in [0.2, 0.25) is 0 Å². The van der Waals surface area contributed by atoms with Crippen molar-refractivity contribution in [2.24, 2.45) is 11.1 Å². The molecule has 3 N–H and O–H groups in total. The molecule has 0 bridgehead atoms. The lowest BCUT2D eigenvalue weighted by Gasteiger charge is -2.10. The molecule has 3 nitrogen and oxygen atoms in total. The van der Waals surface area contributed by atoms with Crippen molar-refractivity contribution in [3.05, 3.63) is 22.2 Å². The average Bonchev–Trinajstić information content (AvgIpc) is 2.70. The molecule has 4 heteroatoms. The fourth-order valence-corrected chi connectivity index (χ4v) is 2.80. The smallest absolute Gasteiger partial charge is 0.161 e. The van der Waals surface area contributed by atoms with E-state index in [0.29, 0.717) is 11.7 Å². The summed E-state index contributed by atoms with van der Waals surface area (Å²) < 4.78 is 5.99. The highest BCUT2D eigenvalue weighted by atomic mass is 79.9. The lowest BCUT2D eigenvalue weighted by atomic mass is 10.0. The normalized spacial score (nSPS) is 26.6. The van der Waals surface area contributed by atoms with Gasteiger partial charge in [-0.25, -0.2) is 0 Å². The van der Waals surface area contributed by atoms with Crippen molar-refractivity contribution in [2.75, 3.05) is 7.11 Å². The maximum Gasteiger partial charge on any atom is 0.161 e. The van der Waals surface area contributed by atoms with Gasteiger partial charge in [0.05, 0.1) is 7.11 Å². The summed E-state index contributed by atoms with van der Waals surface area (Å²) in [6.07, 6.45) is 0. The monoisotopic (exact) mass is 285 g/mol. The Kier molecular flexibility index (Phi) is 2.67. The molecule has 2 atom stereocenters. The number of halogens is 1. The van der Waals surface area contributed by atoms with E-state index < -0.39 is 0 Å². The Hall–Kier alpha value is -0.740. The predicted octanol–water partition coefficient (Wildman–Crippen LogP) is 2.61. The second kappa shape index (κ2) is 3.64. The van der Waals surface area contributed by atoms with Gasteiger partial charge in [-0.1, -0.05) is 29.8 Å². The number of aromatic hydroxyl groups is 1. The number of ether oxygens (including phenoxy) is 1. The van der Waals surface area contributed by atoms with Crippen LogP contribution in [-0.2, 0) is 0 Å². The van der Waals surface area contributed by atoms with Crippen molar-refractivity contribution in [3.63, 3.8) is 0 Å². The number of hydrogen-bond acceptors (Lipinski definition) is 3. The van der Waals surface area contributed by atoms with Gasteiger partial charge >= 0.3 is 0 Å². The molecule has 1 aromatic rings. The molecule has 16 heavy (non-hydrogen) atoms. The summed E-state index contributed by atoms with van der Waals surface area (Å²) >= 11 is 3.50. The first kappa shape index (κ1) is 11.7. The van der Waals surface area contributed by atoms with Crippen LogP contribution in [0.25, 0.3) is 0 Å². The van der Waals surface area contributed by atoms with Crippen LogP contribution in [0, 0.1) is 5.41 Å². The SMILES string of the molecule is COc1cc(Br)c([C@@H]2[C@@H](N)C2(C)C)cc1O. The van der Waals surface area contributed by atoms with E-state index in [1.165, 1.54) is 7.11 Å². The van der Waals surface area contributed by atoms with E-state index in [1.54, 1.807) is 12.1 Å². The Bertz CT molecular complexity index is 431. The molecule has 88 valence electrons. The predicted molar refractivity (Wildman–Crippen MR) is 66.9 cm³/mol. The van der Waals surface area contributed by atoms with Gasteiger partial charge in [0.1, 0.15) is 0 Å². The van der Waals surface area contributed by atoms with E-state index in [2.05, 4.69) is 29.8 Å². The van der Waals surface area contributed by atoms with E-state index in [-0.39, 0.29) is 17.2 Å². The molecule has 0 amide bonds. The van der Waals surface area contributed by atoms with E-state index >= 15 is 0 Å². The standard InChI is InChI=1S/C12H16BrNO2/c1-12(2)10(11(12)14)6-4-8(15)9(16-3)5-7(6)13/h4-5,10-11,15H,14H2,1-3H3/t10-,11-/m1/s1. The molecule has 0 heterocycles. The maximum atomic E-state index is 9.76. The molecule has 1 aliphatic rings. The van der Waals surface area contributed by atoms with Crippen molar-refractivity contribution >= 4 is 15.9 Å². The Balaban J connectivity index is 2.41. The topological polar surface area (TPSA) is 55.5 Å². The van der Waals surface area contributed by atoms with E-state index in [0.717, 1.165) is 10.0 Å². The number of nitrogens with two attached hydrogens (primary N) is 1. The first-order valence-electron chi connectivity index (χ1n) is 5.21. The van der Waals surface area contributed by atoms with Crippen LogP contribution in [0.15, 0.2) is 16.6 Å². The van der Waals surface area contributed by atoms with Crippen LogP contribution in [0.4, 0.5) is 0 Å². The number of rotatable bonds is 2. The third kappa shape index (κ3) is 1.60. The zero-order valence-electron chi connectivity index (χ0n) is 9.62. The van der Waals surface area contributed by atoms with Crippen molar-refractivity contribution < 1.29 is 9.84 Å². The average molecular weight is 286 g/mol. The number of benzene rings is 1. The number of phenols is 1. The molecular weight excluding hydrogens is 270 g/mol. The zero-order valence-corrected chi connectivity index (χ0v) is 11.2. The lowest BCUT2D eigenvalue weighted by Crippen LogP contribution is -2.06. The quantitative estimate of drug-likeness (QED) is 0.878. The zero-order chi connectivity index (χ0) is 12.1. The van der Waals surface area contributed by atoms with Gasteiger partial charge < -0.3 is 15.6 Å². The Morgan fingerprint density at radius 1 is 1.44 bits per heavy atom. The first-order valence-corrected chi connectivity index (χ1v) is 6.01. The van der Waals surface area contributed by atoms with E-state index in [4.69, 9.17) is 10.5 Å². The fraction of sp³-hybridized carbons (Fsp3) is 0.500. The molecule has 1 aliphatic carbocycles.